The van der Waals surface area contributed by atoms with E-state index in [0.29, 0.717) is 21.8 Å². The van der Waals surface area contributed by atoms with E-state index in [1.807, 2.05) is 12.1 Å². The van der Waals surface area contributed by atoms with Crippen molar-refractivity contribution < 1.29 is 4.74 Å². The molecule has 0 spiro atoms. The molecule has 2 aromatic carbocycles. The first-order valence-electron chi connectivity index (χ1n) is 7.06. The van der Waals surface area contributed by atoms with Crippen LogP contribution in [0, 0.1) is 0 Å². The minimum absolute atomic E-state index is 0.337. The Bertz CT molecular complexity index is 584. The maximum atomic E-state index is 5.98. The first-order valence-corrected chi connectivity index (χ1v) is 7.82. The number of hydrogen-bond donors (Lipinski definition) is 1. The van der Waals surface area contributed by atoms with Gasteiger partial charge in [0.2, 0.25) is 0 Å². The summed E-state index contributed by atoms with van der Waals surface area (Å²) >= 11 is 11.9. The molecule has 0 aromatic heterocycles. The summed E-state index contributed by atoms with van der Waals surface area (Å²) in [4.78, 5) is 0. The summed E-state index contributed by atoms with van der Waals surface area (Å²) < 4.78 is 5.77. The minimum Gasteiger partial charge on any atom is -0.457 e. The molecule has 2 nitrogen and oxygen atoms in total. The highest BCUT2D eigenvalue weighted by atomic mass is 35.5. The van der Waals surface area contributed by atoms with Crippen LogP contribution < -0.4 is 10.1 Å². The van der Waals surface area contributed by atoms with Gasteiger partial charge in [-0.1, -0.05) is 42.3 Å². The lowest BCUT2D eigenvalue weighted by Crippen LogP contribution is -2.19. The van der Waals surface area contributed by atoms with Crippen LogP contribution >= 0.6 is 23.2 Å². The van der Waals surface area contributed by atoms with Crippen LogP contribution in [-0.2, 0) is 0 Å². The third kappa shape index (κ3) is 4.63. The second-order valence-corrected chi connectivity index (χ2v) is 5.74. The Balaban J connectivity index is 2.03. The molecule has 0 radical (unpaired) electrons. The van der Waals surface area contributed by atoms with Gasteiger partial charge in [0.15, 0.2) is 0 Å². The Morgan fingerprint density at radius 3 is 2.29 bits per heavy atom. The molecule has 2 aromatic rings. The third-order valence-electron chi connectivity index (χ3n) is 3.21. The van der Waals surface area contributed by atoms with Gasteiger partial charge >= 0.3 is 0 Å². The van der Waals surface area contributed by atoms with Crippen molar-refractivity contribution in [2.24, 2.45) is 0 Å². The van der Waals surface area contributed by atoms with Gasteiger partial charge in [-0.25, -0.2) is 0 Å². The summed E-state index contributed by atoms with van der Waals surface area (Å²) in [5.74, 6) is 1.45. The fraction of sp³-hybridized carbons (Fsp3) is 0.294. The molecule has 112 valence electrons. The van der Waals surface area contributed by atoms with Gasteiger partial charge in [0.1, 0.15) is 11.5 Å². The Kier molecular flexibility index (Phi) is 5.92. The molecule has 0 saturated heterocycles. The summed E-state index contributed by atoms with van der Waals surface area (Å²) in [5, 5.41) is 4.47. The van der Waals surface area contributed by atoms with Gasteiger partial charge in [-0.3, -0.25) is 0 Å². The largest absolute Gasteiger partial charge is 0.457 e. The molecule has 0 aliphatic rings. The second-order valence-electron chi connectivity index (χ2n) is 4.92. The molecule has 0 amide bonds. The lowest BCUT2D eigenvalue weighted by atomic mass is 10.1. The van der Waals surface area contributed by atoms with Crippen molar-refractivity contribution in [3.8, 4) is 11.5 Å². The van der Waals surface area contributed by atoms with Crippen LogP contribution in [0.4, 0.5) is 0 Å². The predicted molar refractivity (Wildman–Crippen MR) is 89.7 cm³/mol. The maximum Gasteiger partial charge on any atom is 0.129 e. The summed E-state index contributed by atoms with van der Waals surface area (Å²) in [6.45, 7) is 5.33. The van der Waals surface area contributed by atoms with Crippen LogP contribution in [-0.4, -0.2) is 6.54 Å². The molecule has 2 rings (SSSR count). The molecule has 4 heteroatoms. The molecule has 1 N–H and O–H groups in total. The van der Waals surface area contributed by atoms with Crippen LogP contribution in [0.15, 0.2) is 42.5 Å². The van der Waals surface area contributed by atoms with Crippen LogP contribution in [0.25, 0.3) is 0 Å². The van der Waals surface area contributed by atoms with Crippen molar-refractivity contribution in [2.45, 2.75) is 26.3 Å². The molecule has 0 fully saturated rings. The lowest BCUT2D eigenvalue weighted by Gasteiger charge is -2.14. The highest BCUT2D eigenvalue weighted by molar-refractivity contribution is 6.42. The summed E-state index contributed by atoms with van der Waals surface area (Å²) in [6, 6.07) is 13.6. The van der Waals surface area contributed by atoms with Crippen molar-refractivity contribution in [1.29, 1.82) is 0 Å². The quantitative estimate of drug-likeness (QED) is 0.720. The van der Waals surface area contributed by atoms with E-state index in [1.165, 1.54) is 5.56 Å². The van der Waals surface area contributed by atoms with E-state index in [9.17, 15) is 0 Å². The Hall–Kier alpha value is -1.22. The lowest BCUT2D eigenvalue weighted by molar-refractivity contribution is 0.482. The number of ether oxygens (including phenoxy) is 1. The number of benzene rings is 2. The van der Waals surface area contributed by atoms with Crippen molar-refractivity contribution >= 4 is 23.2 Å². The summed E-state index contributed by atoms with van der Waals surface area (Å²) in [5.41, 5.74) is 1.24. The average molecular weight is 324 g/mol. The van der Waals surface area contributed by atoms with Gasteiger partial charge in [-0.2, -0.15) is 0 Å². The van der Waals surface area contributed by atoms with Gasteiger partial charge in [0.05, 0.1) is 10.0 Å². The number of nitrogens with one attached hydrogen (secondary N) is 1. The highest BCUT2D eigenvalue weighted by Crippen LogP contribution is 2.29. The van der Waals surface area contributed by atoms with E-state index in [0.717, 1.165) is 18.7 Å². The Labute approximate surface area is 136 Å². The van der Waals surface area contributed by atoms with Gasteiger partial charge in [0.25, 0.3) is 0 Å². The molecule has 0 heterocycles. The zero-order valence-corrected chi connectivity index (χ0v) is 13.7. The first-order chi connectivity index (χ1) is 10.1. The second kappa shape index (κ2) is 7.69. The predicted octanol–water partition coefficient (Wildman–Crippen LogP) is 5.85. The van der Waals surface area contributed by atoms with E-state index >= 15 is 0 Å². The zero-order chi connectivity index (χ0) is 15.2. The van der Waals surface area contributed by atoms with Crippen molar-refractivity contribution in [1.82, 2.24) is 5.32 Å². The third-order valence-corrected chi connectivity index (χ3v) is 3.95. The normalized spacial score (nSPS) is 12.2. The maximum absolute atomic E-state index is 5.98. The van der Waals surface area contributed by atoms with E-state index < -0.39 is 0 Å². The van der Waals surface area contributed by atoms with Gasteiger partial charge in [0, 0.05) is 12.1 Å². The molecule has 21 heavy (non-hydrogen) atoms. The fourth-order valence-corrected chi connectivity index (χ4v) is 2.27. The average Bonchev–Trinajstić information content (AvgIpc) is 2.49. The van der Waals surface area contributed by atoms with Crippen LogP contribution in [0.5, 0.6) is 11.5 Å². The smallest absolute Gasteiger partial charge is 0.129 e. The Morgan fingerprint density at radius 1 is 1.00 bits per heavy atom. The summed E-state index contributed by atoms with van der Waals surface area (Å²) in [7, 11) is 0. The standard InChI is InChI=1S/C17H19Cl2NO/c1-3-10-20-12(2)13-4-6-14(7-5-13)21-15-8-9-16(18)17(19)11-15/h4-9,11-12,20H,3,10H2,1-2H3. The fourth-order valence-electron chi connectivity index (χ4n) is 1.98. The van der Waals surface area contributed by atoms with E-state index in [-0.39, 0.29) is 0 Å². The van der Waals surface area contributed by atoms with E-state index in [2.05, 4.69) is 31.3 Å². The van der Waals surface area contributed by atoms with Crippen LogP contribution in [0.3, 0.4) is 0 Å². The monoisotopic (exact) mass is 323 g/mol. The highest BCUT2D eigenvalue weighted by Gasteiger charge is 2.05. The van der Waals surface area contributed by atoms with Crippen molar-refractivity contribution in [3.05, 3.63) is 58.1 Å². The Morgan fingerprint density at radius 2 is 1.67 bits per heavy atom. The number of rotatable bonds is 6. The molecule has 0 bridgehead atoms. The van der Waals surface area contributed by atoms with E-state index in [1.54, 1.807) is 18.2 Å². The summed E-state index contributed by atoms with van der Waals surface area (Å²) in [6.07, 6.45) is 1.13. The van der Waals surface area contributed by atoms with Gasteiger partial charge < -0.3 is 10.1 Å². The molecular weight excluding hydrogens is 305 g/mol. The first kappa shape index (κ1) is 16.2. The molecule has 0 saturated carbocycles. The molecule has 0 aliphatic heterocycles. The van der Waals surface area contributed by atoms with Gasteiger partial charge in [-0.15, -0.1) is 0 Å². The van der Waals surface area contributed by atoms with Crippen LogP contribution in [0.1, 0.15) is 31.9 Å². The molecule has 1 atom stereocenters. The minimum atomic E-state index is 0.337. The topological polar surface area (TPSA) is 21.3 Å². The number of halogens is 2. The molecule has 0 aliphatic carbocycles. The van der Waals surface area contributed by atoms with Crippen LogP contribution in [0.2, 0.25) is 10.0 Å². The number of hydrogen-bond acceptors (Lipinski definition) is 2. The zero-order valence-electron chi connectivity index (χ0n) is 12.2. The van der Waals surface area contributed by atoms with Crippen molar-refractivity contribution in [3.63, 3.8) is 0 Å². The van der Waals surface area contributed by atoms with Gasteiger partial charge in [-0.05, 0) is 49.7 Å². The molecular formula is C17H19Cl2NO. The van der Waals surface area contributed by atoms with E-state index in [4.69, 9.17) is 27.9 Å². The molecule has 1 unspecified atom stereocenters. The SMILES string of the molecule is CCCNC(C)c1ccc(Oc2ccc(Cl)c(Cl)c2)cc1. The van der Waals surface area contributed by atoms with Crippen molar-refractivity contribution in [2.75, 3.05) is 6.54 Å².